The third-order valence-electron chi connectivity index (χ3n) is 3.90. The zero-order valence-corrected chi connectivity index (χ0v) is 12.7. The minimum atomic E-state index is 0.389. The number of rotatable bonds is 5. The number of para-hydroxylation sites is 1. The minimum absolute atomic E-state index is 0.389. The Morgan fingerprint density at radius 1 is 1.16 bits per heavy atom. The molecule has 0 aromatic heterocycles. The van der Waals surface area contributed by atoms with Gasteiger partial charge in [0, 0.05) is 18.8 Å². The highest BCUT2D eigenvalue weighted by Gasteiger charge is 2.18. The summed E-state index contributed by atoms with van der Waals surface area (Å²) >= 11 is 0. The van der Waals surface area contributed by atoms with Gasteiger partial charge in [0.25, 0.3) is 0 Å². The third kappa shape index (κ3) is 3.50. The van der Waals surface area contributed by atoms with Crippen LogP contribution in [0.15, 0.2) is 18.2 Å². The number of ether oxygens (including phenoxy) is 1. The molecule has 0 aliphatic carbocycles. The van der Waals surface area contributed by atoms with Crippen molar-refractivity contribution < 1.29 is 4.74 Å². The highest BCUT2D eigenvalue weighted by Crippen LogP contribution is 2.32. The first-order chi connectivity index (χ1) is 9.09. The van der Waals surface area contributed by atoms with Gasteiger partial charge in [-0.2, -0.15) is 0 Å². The molecule has 1 fully saturated rings. The molecule has 106 valence electrons. The maximum absolute atomic E-state index is 5.71. The van der Waals surface area contributed by atoms with Gasteiger partial charge in [-0.15, -0.1) is 0 Å². The molecule has 2 nitrogen and oxygen atoms in total. The Labute approximate surface area is 117 Å². The summed E-state index contributed by atoms with van der Waals surface area (Å²) in [4.78, 5) is 0. The van der Waals surface area contributed by atoms with E-state index in [1.54, 1.807) is 0 Å². The molecule has 0 spiro atoms. The van der Waals surface area contributed by atoms with E-state index in [1.165, 1.54) is 29.7 Å². The summed E-state index contributed by atoms with van der Waals surface area (Å²) in [7, 11) is 0. The van der Waals surface area contributed by atoms with Gasteiger partial charge in [0.2, 0.25) is 0 Å². The second-order valence-corrected chi connectivity index (χ2v) is 6.14. The van der Waals surface area contributed by atoms with Gasteiger partial charge >= 0.3 is 0 Å². The molecule has 1 atom stereocenters. The second kappa shape index (κ2) is 6.42. The van der Waals surface area contributed by atoms with Crippen molar-refractivity contribution in [1.29, 1.82) is 0 Å². The number of nitrogens with one attached hydrogen (secondary N) is 1. The lowest BCUT2D eigenvalue weighted by Gasteiger charge is -2.22. The minimum Gasteiger partial charge on any atom is -0.382 e. The third-order valence-corrected chi connectivity index (χ3v) is 3.90. The molecule has 1 aromatic carbocycles. The molecule has 1 heterocycles. The molecule has 1 aliphatic heterocycles. The van der Waals surface area contributed by atoms with Gasteiger partial charge in [-0.3, -0.25) is 0 Å². The van der Waals surface area contributed by atoms with Crippen LogP contribution in [0, 0.1) is 0 Å². The van der Waals surface area contributed by atoms with Gasteiger partial charge in [0.15, 0.2) is 0 Å². The molecule has 1 N–H and O–H groups in total. The molecular weight excluding hydrogens is 234 g/mol. The van der Waals surface area contributed by atoms with Crippen molar-refractivity contribution in [3.8, 4) is 0 Å². The van der Waals surface area contributed by atoms with Crippen LogP contribution < -0.4 is 5.32 Å². The van der Waals surface area contributed by atoms with Crippen LogP contribution in [0.2, 0.25) is 0 Å². The first-order valence-corrected chi connectivity index (χ1v) is 7.58. The van der Waals surface area contributed by atoms with E-state index < -0.39 is 0 Å². The number of hydrogen-bond donors (Lipinski definition) is 1. The Bertz CT molecular complexity index is 379. The van der Waals surface area contributed by atoms with E-state index in [9.17, 15) is 0 Å². The van der Waals surface area contributed by atoms with Crippen LogP contribution in [0.3, 0.4) is 0 Å². The zero-order valence-electron chi connectivity index (χ0n) is 12.7. The van der Waals surface area contributed by atoms with Crippen LogP contribution in [-0.4, -0.2) is 19.3 Å². The molecule has 0 radical (unpaired) electrons. The summed E-state index contributed by atoms with van der Waals surface area (Å²) in [6.45, 7) is 10.9. The summed E-state index contributed by atoms with van der Waals surface area (Å²) in [5.41, 5.74) is 4.18. The number of benzene rings is 1. The molecule has 0 bridgehead atoms. The second-order valence-electron chi connectivity index (χ2n) is 6.14. The van der Waals surface area contributed by atoms with Crippen LogP contribution in [-0.2, 0) is 4.74 Å². The summed E-state index contributed by atoms with van der Waals surface area (Å²) in [6.07, 6.45) is 2.78. The molecule has 1 aliphatic rings. The number of anilines is 1. The van der Waals surface area contributed by atoms with Gasteiger partial charge in [-0.1, -0.05) is 45.9 Å². The Balaban J connectivity index is 2.19. The molecular formula is C17H27NO. The largest absolute Gasteiger partial charge is 0.382 e. The van der Waals surface area contributed by atoms with Crippen molar-refractivity contribution in [2.24, 2.45) is 0 Å². The smallest absolute Gasteiger partial charge is 0.0748 e. The Hall–Kier alpha value is -1.02. The van der Waals surface area contributed by atoms with Gasteiger partial charge in [0.05, 0.1) is 6.10 Å². The molecule has 0 amide bonds. The first kappa shape index (κ1) is 14.4. The van der Waals surface area contributed by atoms with E-state index in [-0.39, 0.29) is 0 Å². The highest BCUT2D eigenvalue weighted by atomic mass is 16.5. The first-order valence-electron chi connectivity index (χ1n) is 7.58. The van der Waals surface area contributed by atoms with Gasteiger partial charge < -0.3 is 10.1 Å². The van der Waals surface area contributed by atoms with E-state index in [1.807, 2.05) is 0 Å². The Kier molecular flexibility index (Phi) is 4.87. The van der Waals surface area contributed by atoms with E-state index in [4.69, 9.17) is 4.74 Å². The lowest BCUT2D eigenvalue weighted by molar-refractivity contribution is 0.120. The fourth-order valence-electron chi connectivity index (χ4n) is 2.78. The quantitative estimate of drug-likeness (QED) is 0.841. The molecule has 2 heteroatoms. The van der Waals surface area contributed by atoms with Gasteiger partial charge in [-0.25, -0.2) is 0 Å². The maximum Gasteiger partial charge on any atom is 0.0748 e. The molecule has 19 heavy (non-hydrogen) atoms. The van der Waals surface area contributed by atoms with Crippen molar-refractivity contribution in [1.82, 2.24) is 0 Å². The molecule has 1 saturated heterocycles. The fourth-order valence-corrected chi connectivity index (χ4v) is 2.78. The molecule has 2 rings (SSSR count). The lowest BCUT2D eigenvalue weighted by atomic mass is 9.92. The molecule has 1 aromatic rings. The van der Waals surface area contributed by atoms with Crippen molar-refractivity contribution in [3.63, 3.8) is 0 Å². The summed E-state index contributed by atoms with van der Waals surface area (Å²) in [5.74, 6) is 1.09. The van der Waals surface area contributed by atoms with Crippen LogP contribution in [0.1, 0.15) is 63.5 Å². The van der Waals surface area contributed by atoms with Crippen LogP contribution >= 0.6 is 0 Å². The maximum atomic E-state index is 5.71. The van der Waals surface area contributed by atoms with Crippen molar-refractivity contribution in [2.45, 2.75) is 58.5 Å². The van der Waals surface area contributed by atoms with Gasteiger partial charge in [-0.05, 0) is 35.8 Å². The standard InChI is InChI=1S/C17H27NO/c1-12(2)15-8-5-9-16(13(3)4)17(15)18-11-14-7-6-10-19-14/h5,8-9,12-14,18H,6-7,10-11H2,1-4H3. The predicted molar refractivity (Wildman–Crippen MR) is 82.1 cm³/mol. The normalized spacial score (nSPS) is 19.4. The Morgan fingerprint density at radius 3 is 2.26 bits per heavy atom. The average molecular weight is 261 g/mol. The average Bonchev–Trinajstić information content (AvgIpc) is 2.88. The Morgan fingerprint density at radius 2 is 1.79 bits per heavy atom. The van der Waals surface area contributed by atoms with Crippen molar-refractivity contribution in [2.75, 3.05) is 18.5 Å². The summed E-state index contributed by atoms with van der Waals surface area (Å²) < 4.78 is 5.71. The van der Waals surface area contributed by atoms with E-state index in [2.05, 4.69) is 51.2 Å². The predicted octanol–water partition coefficient (Wildman–Crippen LogP) is 4.52. The van der Waals surface area contributed by atoms with Crippen LogP contribution in [0.25, 0.3) is 0 Å². The highest BCUT2D eigenvalue weighted by molar-refractivity contribution is 5.60. The molecule has 0 saturated carbocycles. The topological polar surface area (TPSA) is 21.3 Å². The van der Waals surface area contributed by atoms with E-state index >= 15 is 0 Å². The van der Waals surface area contributed by atoms with E-state index in [0.29, 0.717) is 17.9 Å². The van der Waals surface area contributed by atoms with Crippen molar-refractivity contribution >= 4 is 5.69 Å². The summed E-state index contributed by atoms with van der Waals surface area (Å²) in [6, 6.07) is 6.67. The van der Waals surface area contributed by atoms with Crippen LogP contribution in [0.5, 0.6) is 0 Å². The number of hydrogen-bond acceptors (Lipinski definition) is 2. The van der Waals surface area contributed by atoms with Crippen molar-refractivity contribution in [3.05, 3.63) is 29.3 Å². The fraction of sp³-hybridized carbons (Fsp3) is 0.647. The van der Waals surface area contributed by atoms with E-state index in [0.717, 1.165) is 13.2 Å². The zero-order chi connectivity index (χ0) is 13.8. The van der Waals surface area contributed by atoms with Crippen LogP contribution in [0.4, 0.5) is 5.69 Å². The monoisotopic (exact) mass is 261 g/mol. The molecule has 1 unspecified atom stereocenters. The SMILES string of the molecule is CC(C)c1cccc(C(C)C)c1NCC1CCCO1. The lowest BCUT2D eigenvalue weighted by Crippen LogP contribution is -2.20. The van der Waals surface area contributed by atoms with Gasteiger partial charge in [0.1, 0.15) is 0 Å². The summed E-state index contributed by atoms with van der Waals surface area (Å²) in [5, 5.41) is 3.66.